The minimum atomic E-state index is 0.242. The van der Waals surface area contributed by atoms with E-state index in [1.807, 2.05) is 84.9 Å². The first-order valence-electron chi connectivity index (χ1n) is 9.16. The molecule has 144 valence electrons. The molecule has 0 fully saturated rings. The predicted molar refractivity (Wildman–Crippen MR) is 114 cm³/mol. The van der Waals surface area contributed by atoms with Gasteiger partial charge in [-0.05, 0) is 24.3 Å². The van der Waals surface area contributed by atoms with Gasteiger partial charge in [0.2, 0.25) is 5.89 Å². The second-order valence-electron chi connectivity index (χ2n) is 6.25. The Hall–Kier alpha value is -4.06. The first-order valence-corrected chi connectivity index (χ1v) is 9.16. The van der Waals surface area contributed by atoms with Gasteiger partial charge in [0, 0.05) is 17.3 Å². The molecule has 0 spiro atoms. The van der Waals surface area contributed by atoms with Gasteiger partial charge in [-0.3, -0.25) is 0 Å². The zero-order valence-corrected chi connectivity index (χ0v) is 15.7. The van der Waals surface area contributed by atoms with Crippen LogP contribution in [0.1, 0.15) is 5.89 Å². The number of aliphatic imine (C=N–C) groups is 1. The number of hydrogen-bond donors (Lipinski definition) is 2. The Morgan fingerprint density at radius 3 is 2.45 bits per heavy atom. The van der Waals surface area contributed by atoms with Crippen LogP contribution < -0.4 is 15.8 Å². The topological polar surface area (TPSA) is 85.7 Å². The quantitative estimate of drug-likeness (QED) is 0.358. The Kier molecular flexibility index (Phi) is 5.53. The van der Waals surface area contributed by atoms with E-state index in [4.69, 9.17) is 14.9 Å². The fourth-order valence-corrected chi connectivity index (χ4v) is 2.72. The van der Waals surface area contributed by atoms with Gasteiger partial charge in [0.15, 0.2) is 11.7 Å². The number of rotatable bonds is 6. The monoisotopic (exact) mass is 384 g/mol. The normalized spacial score (nSPS) is 11.2. The summed E-state index contributed by atoms with van der Waals surface area (Å²) in [5.74, 6) is 2.93. The van der Waals surface area contributed by atoms with Gasteiger partial charge in [0.05, 0.1) is 6.20 Å². The molecule has 6 nitrogen and oxygen atoms in total. The average molecular weight is 384 g/mol. The van der Waals surface area contributed by atoms with Gasteiger partial charge in [-0.1, -0.05) is 54.6 Å². The van der Waals surface area contributed by atoms with Crippen LogP contribution in [0.4, 0.5) is 5.69 Å². The highest BCUT2D eigenvalue weighted by Gasteiger charge is 2.06. The standard InChI is InChI=1S/C23H20N4O2/c24-23(26-16-22-25-15-21(29-22)17-8-3-1-4-9-17)27-18-10-7-13-20(14-18)28-19-11-5-2-6-12-19/h1-15H,16H2,(H3,24,26,27). The average Bonchev–Trinajstić information content (AvgIpc) is 3.23. The molecule has 29 heavy (non-hydrogen) atoms. The molecule has 1 heterocycles. The number of ether oxygens (including phenoxy) is 1. The van der Waals surface area contributed by atoms with Crippen LogP contribution >= 0.6 is 0 Å². The number of guanidine groups is 1. The van der Waals surface area contributed by atoms with E-state index in [2.05, 4.69) is 15.3 Å². The largest absolute Gasteiger partial charge is 0.457 e. The second-order valence-corrected chi connectivity index (χ2v) is 6.25. The van der Waals surface area contributed by atoms with Crippen LogP contribution in [0.25, 0.3) is 11.3 Å². The highest BCUT2D eigenvalue weighted by molar-refractivity contribution is 5.92. The van der Waals surface area contributed by atoms with Crippen LogP contribution in [0.2, 0.25) is 0 Å². The van der Waals surface area contributed by atoms with Gasteiger partial charge in [-0.2, -0.15) is 0 Å². The third-order valence-electron chi connectivity index (χ3n) is 4.08. The number of hydrogen-bond acceptors (Lipinski definition) is 4. The van der Waals surface area contributed by atoms with Crippen molar-refractivity contribution in [2.24, 2.45) is 10.7 Å². The summed E-state index contributed by atoms with van der Waals surface area (Å²) in [6.45, 7) is 0.242. The Morgan fingerprint density at radius 1 is 0.931 bits per heavy atom. The Balaban J connectivity index is 1.38. The third kappa shape index (κ3) is 5.01. The maximum atomic E-state index is 6.00. The number of para-hydroxylation sites is 1. The number of anilines is 1. The first kappa shape index (κ1) is 18.3. The van der Waals surface area contributed by atoms with Crippen molar-refractivity contribution in [1.82, 2.24) is 4.98 Å². The van der Waals surface area contributed by atoms with E-state index in [0.717, 1.165) is 17.0 Å². The maximum Gasteiger partial charge on any atom is 0.216 e. The van der Waals surface area contributed by atoms with Crippen molar-refractivity contribution in [2.75, 3.05) is 5.32 Å². The molecule has 3 N–H and O–H groups in total. The first-order chi connectivity index (χ1) is 14.3. The zero-order valence-electron chi connectivity index (χ0n) is 15.7. The van der Waals surface area contributed by atoms with Crippen molar-refractivity contribution in [3.63, 3.8) is 0 Å². The Labute approximate surface area is 168 Å². The van der Waals surface area contributed by atoms with Crippen LogP contribution in [0.3, 0.4) is 0 Å². The van der Waals surface area contributed by atoms with Gasteiger partial charge in [-0.25, -0.2) is 9.98 Å². The van der Waals surface area contributed by atoms with E-state index in [0.29, 0.717) is 17.4 Å². The van der Waals surface area contributed by atoms with Crippen molar-refractivity contribution in [1.29, 1.82) is 0 Å². The molecule has 0 amide bonds. The lowest BCUT2D eigenvalue weighted by Gasteiger charge is -2.09. The molecule has 0 saturated heterocycles. The van der Waals surface area contributed by atoms with E-state index in [9.17, 15) is 0 Å². The van der Waals surface area contributed by atoms with Crippen molar-refractivity contribution in [3.8, 4) is 22.8 Å². The molecule has 0 aliphatic rings. The highest BCUT2D eigenvalue weighted by Crippen LogP contribution is 2.24. The number of benzene rings is 3. The lowest BCUT2D eigenvalue weighted by molar-refractivity contribution is 0.483. The van der Waals surface area contributed by atoms with Crippen LogP contribution in [0.15, 0.2) is 101 Å². The number of nitrogens with zero attached hydrogens (tertiary/aromatic N) is 2. The summed E-state index contributed by atoms with van der Waals surface area (Å²) in [6.07, 6.45) is 1.69. The molecule has 3 aromatic carbocycles. The fourth-order valence-electron chi connectivity index (χ4n) is 2.72. The number of nitrogens with two attached hydrogens (primary N) is 1. The van der Waals surface area contributed by atoms with Crippen LogP contribution in [-0.2, 0) is 6.54 Å². The van der Waals surface area contributed by atoms with E-state index in [-0.39, 0.29) is 12.5 Å². The van der Waals surface area contributed by atoms with Gasteiger partial charge in [0.1, 0.15) is 18.0 Å². The van der Waals surface area contributed by atoms with Crippen LogP contribution in [0, 0.1) is 0 Å². The van der Waals surface area contributed by atoms with Crippen molar-refractivity contribution in [3.05, 3.63) is 97.0 Å². The van der Waals surface area contributed by atoms with Gasteiger partial charge in [0.25, 0.3) is 0 Å². The molecule has 0 atom stereocenters. The molecule has 4 aromatic rings. The van der Waals surface area contributed by atoms with E-state index >= 15 is 0 Å². The lowest BCUT2D eigenvalue weighted by atomic mass is 10.2. The van der Waals surface area contributed by atoms with Crippen LogP contribution in [0.5, 0.6) is 11.5 Å². The van der Waals surface area contributed by atoms with E-state index in [1.165, 1.54) is 0 Å². The molecule has 0 unspecified atom stereocenters. The predicted octanol–water partition coefficient (Wildman–Crippen LogP) is 5.06. The molecule has 0 saturated carbocycles. The minimum Gasteiger partial charge on any atom is -0.457 e. The molecule has 0 aliphatic heterocycles. The smallest absolute Gasteiger partial charge is 0.216 e. The maximum absolute atomic E-state index is 6.00. The van der Waals surface area contributed by atoms with Crippen molar-refractivity contribution in [2.45, 2.75) is 6.54 Å². The summed E-state index contributed by atoms with van der Waals surface area (Å²) in [6, 6.07) is 26.9. The van der Waals surface area contributed by atoms with Crippen molar-refractivity contribution < 1.29 is 9.15 Å². The lowest BCUT2D eigenvalue weighted by Crippen LogP contribution is -2.22. The van der Waals surface area contributed by atoms with E-state index in [1.54, 1.807) is 6.20 Å². The van der Waals surface area contributed by atoms with Gasteiger partial charge >= 0.3 is 0 Å². The molecule has 6 heteroatoms. The number of nitrogens with one attached hydrogen (secondary N) is 1. The van der Waals surface area contributed by atoms with Gasteiger partial charge in [-0.15, -0.1) is 0 Å². The molecule has 4 rings (SSSR count). The summed E-state index contributed by atoms with van der Waals surface area (Å²) in [5, 5.41) is 3.06. The molecular weight excluding hydrogens is 364 g/mol. The molecule has 0 aliphatic carbocycles. The van der Waals surface area contributed by atoms with Gasteiger partial charge < -0.3 is 20.2 Å². The molecule has 0 bridgehead atoms. The minimum absolute atomic E-state index is 0.242. The number of aromatic nitrogens is 1. The Bertz CT molecular complexity index is 1090. The summed E-state index contributed by atoms with van der Waals surface area (Å²) in [4.78, 5) is 8.55. The highest BCUT2D eigenvalue weighted by atomic mass is 16.5. The van der Waals surface area contributed by atoms with E-state index < -0.39 is 0 Å². The SMILES string of the molecule is NC(=NCc1ncc(-c2ccccc2)o1)Nc1cccc(Oc2ccccc2)c1. The second kappa shape index (κ2) is 8.75. The zero-order chi connectivity index (χ0) is 19.9. The number of oxazole rings is 1. The fraction of sp³-hybridized carbons (Fsp3) is 0.0435. The Morgan fingerprint density at radius 2 is 1.66 bits per heavy atom. The summed E-state index contributed by atoms with van der Waals surface area (Å²) >= 11 is 0. The summed E-state index contributed by atoms with van der Waals surface area (Å²) in [5.41, 5.74) is 7.75. The summed E-state index contributed by atoms with van der Waals surface area (Å²) in [7, 11) is 0. The third-order valence-corrected chi connectivity index (χ3v) is 4.08. The summed E-state index contributed by atoms with van der Waals surface area (Å²) < 4.78 is 11.6. The van der Waals surface area contributed by atoms with Crippen molar-refractivity contribution >= 4 is 11.6 Å². The van der Waals surface area contributed by atoms with Crippen LogP contribution in [-0.4, -0.2) is 10.9 Å². The molecular formula is C23H20N4O2. The molecule has 1 aromatic heterocycles. The molecule has 0 radical (unpaired) electrons.